The Balaban J connectivity index is 1.56. The van der Waals surface area contributed by atoms with Gasteiger partial charge >= 0.3 is 0 Å². The molecule has 2 N–H and O–H groups in total. The van der Waals surface area contributed by atoms with Crippen molar-refractivity contribution in [2.75, 3.05) is 40.4 Å². The van der Waals surface area contributed by atoms with E-state index in [0.29, 0.717) is 12.5 Å². The summed E-state index contributed by atoms with van der Waals surface area (Å²) in [5, 5.41) is 6.37. The Morgan fingerprint density at radius 3 is 2.65 bits per heavy atom. The average molecular weight is 324 g/mol. The van der Waals surface area contributed by atoms with E-state index in [-0.39, 0.29) is 5.91 Å². The van der Waals surface area contributed by atoms with Gasteiger partial charge in [0.1, 0.15) is 0 Å². The average Bonchev–Trinajstić information content (AvgIpc) is 3.37. The highest BCUT2D eigenvalue weighted by atomic mass is 16.5. The second-order valence-electron chi connectivity index (χ2n) is 6.69. The molecule has 0 radical (unpaired) electrons. The number of nitrogens with one attached hydrogen (secondary N) is 2. The van der Waals surface area contributed by atoms with Crippen molar-refractivity contribution in [2.24, 2.45) is 10.9 Å². The van der Waals surface area contributed by atoms with Gasteiger partial charge in [0.25, 0.3) is 0 Å². The highest BCUT2D eigenvalue weighted by Crippen LogP contribution is 2.19. The summed E-state index contributed by atoms with van der Waals surface area (Å²) in [4.78, 5) is 18.1. The smallest absolute Gasteiger partial charge is 0.220 e. The Labute approximate surface area is 140 Å². The van der Waals surface area contributed by atoms with E-state index in [2.05, 4.69) is 27.6 Å². The summed E-state index contributed by atoms with van der Waals surface area (Å²) in [6.07, 6.45) is 7.26. The van der Waals surface area contributed by atoms with Gasteiger partial charge in [-0.2, -0.15) is 0 Å². The summed E-state index contributed by atoms with van der Waals surface area (Å²) in [6, 6.07) is 0.458. The van der Waals surface area contributed by atoms with Crippen molar-refractivity contribution in [1.82, 2.24) is 15.5 Å². The molecule has 23 heavy (non-hydrogen) atoms. The highest BCUT2D eigenvalue weighted by Gasteiger charge is 2.22. The molecule has 1 saturated carbocycles. The summed E-state index contributed by atoms with van der Waals surface area (Å²) < 4.78 is 5.41. The maximum Gasteiger partial charge on any atom is 0.220 e. The summed E-state index contributed by atoms with van der Waals surface area (Å²) in [5.74, 6) is 1.87. The highest BCUT2D eigenvalue weighted by molar-refractivity contribution is 5.79. The van der Waals surface area contributed by atoms with Crippen LogP contribution in [0, 0.1) is 5.92 Å². The molecule has 0 aromatic rings. The van der Waals surface area contributed by atoms with Gasteiger partial charge in [0.15, 0.2) is 5.96 Å². The minimum atomic E-state index is 0.178. The van der Waals surface area contributed by atoms with Gasteiger partial charge in [0.05, 0.1) is 0 Å². The molecule has 1 aliphatic carbocycles. The lowest BCUT2D eigenvalue weighted by Gasteiger charge is -2.26. The van der Waals surface area contributed by atoms with Crippen molar-refractivity contribution in [3.8, 4) is 0 Å². The first-order valence-electron chi connectivity index (χ1n) is 8.98. The van der Waals surface area contributed by atoms with Gasteiger partial charge in [-0.25, -0.2) is 0 Å². The van der Waals surface area contributed by atoms with Gasteiger partial charge in [-0.1, -0.05) is 0 Å². The van der Waals surface area contributed by atoms with Crippen LogP contribution in [0.3, 0.4) is 0 Å². The van der Waals surface area contributed by atoms with Crippen LogP contribution in [0.2, 0.25) is 0 Å². The Kier molecular flexibility index (Phi) is 7.65. The zero-order chi connectivity index (χ0) is 16.5. The number of aliphatic imine (C=N–C) groups is 1. The van der Waals surface area contributed by atoms with Crippen LogP contribution in [-0.2, 0) is 9.53 Å². The van der Waals surface area contributed by atoms with Crippen molar-refractivity contribution in [2.45, 2.75) is 51.0 Å². The quantitative estimate of drug-likeness (QED) is 0.402. The van der Waals surface area contributed by atoms with Crippen LogP contribution < -0.4 is 10.6 Å². The van der Waals surface area contributed by atoms with Gasteiger partial charge in [0, 0.05) is 52.9 Å². The van der Waals surface area contributed by atoms with E-state index in [4.69, 9.17) is 4.74 Å². The van der Waals surface area contributed by atoms with Gasteiger partial charge in [-0.05, 0) is 44.4 Å². The maximum absolute atomic E-state index is 11.6. The number of rotatable bonds is 8. The molecule has 2 rings (SSSR count). The number of amides is 1. The van der Waals surface area contributed by atoms with Crippen LogP contribution in [0.5, 0.6) is 0 Å². The lowest BCUT2D eigenvalue weighted by molar-refractivity contribution is -0.121. The molecule has 2 aliphatic rings. The fraction of sp³-hybridized carbons (Fsp3) is 0.882. The normalized spacial score (nSPS) is 19.5. The van der Waals surface area contributed by atoms with Gasteiger partial charge in [0.2, 0.25) is 5.91 Å². The molecular formula is C17H32N4O2. The predicted molar refractivity (Wildman–Crippen MR) is 92.6 cm³/mol. The Morgan fingerprint density at radius 2 is 2.00 bits per heavy atom. The molecule has 0 atom stereocenters. The summed E-state index contributed by atoms with van der Waals surface area (Å²) in [5.41, 5.74) is 0. The standard InChI is InChI=1S/C17H32N4O2/c1-18-17(19-10-3-4-16(22)20-15-5-6-15)21(2)11-7-14-8-12-23-13-9-14/h14-15H,3-13H2,1-2H3,(H,18,19)(H,20,22). The molecule has 132 valence electrons. The number of hydrogen-bond donors (Lipinski definition) is 2. The fourth-order valence-electron chi connectivity index (χ4n) is 2.88. The van der Waals surface area contributed by atoms with Crippen molar-refractivity contribution in [3.05, 3.63) is 0 Å². The number of carbonyl (C=O) groups is 1. The lowest BCUT2D eigenvalue weighted by Crippen LogP contribution is -2.40. The Hall–Kier alpha value is -1.30. The molecule has 1 saturated heterocycles. The Morgan fingerprint density at radius 1 is 1.26 bits per heavy atom. The van der Waals surface area contributed by atoms with E-state index < -0.39 is 0 Å². The van der Waals surface area contributed by atoms with Crippen LogP contribution in [-0.4, -0.2) is 63.2 Å². The van der Waals surface area contributed by atoms with Gasteiger partial charge in [-0.15, -0.1) is 0 Å². The van der Waals surface area contributed by atoms with E-state index in [1.54, 1.807) is 0 Å². The molecule has 6 heteroatoms. The number of guanidine groups is 1. The molecule has 1 amide bonds. The minimum absolute atomic E-state index is 0.178. The predicted octanol–water partition coefficient (Wildman–Crippen LogP) is 1.37. The van der Waals surface area contributed by atoms with E-state index in [1.807, 2.05) is 7.05 Å². The van der Waals surface area contributed by atoms with Gasteiger partial charge in [-0.3, -0.25) is 9.79 Å². The first-order chi connectivity index (χ1) is 11.2. The third kappa shape index (κ3) is 7.20. The molecule has 6 nitrogen and oxygen atoms in total. The molecule has 1 heterocycles. The molecule has 0 spiro atoms. The van der Waals surface area contributed by atoms with E-state index >= 15 is 0 Å². The molecule has 1 aliphatic heterocycles. The third-order valence-electron chi connectivity index (χ3n) is 4.59. The first-order valence-corrected chi connectivity index (χ1v) is 8.98. The molecule has 0 unspecified atom stereocenters. The second-order valence-corrected chi connectivity index (χ2v) is 6.69. The zero-order valence-electron chi connectivity index (χ0n) is 14.6. The van der Waals surface area contributed by atoms with Crippen LogP contribution in [0.4, 0.5) is 0 Å². The van der Waals surface area contributed by atoms with Crippen molar-refractivity contribution in [1.29, 1.82) is 0 Å². The van der Waals surface area contributed by atoms with Gasteiger partial charge < -0.3 is 20.3 Å². The van der Waals surface area contributed by atoms with E-state index in [9.17, 15) is 4.79 Å². The molecule has 2 fully saturated rings. The number of nitrogens with zero attached hydrogens (tertiary/aromatic N) is 2. The van der Waals surface area contributed by atoms with Crippen molar-refractivity contribution < 1.29 is 9.53 Å². The number of carbonyl (C=O) groups excluding carboxylic acids is 1. The van der Waals surface area contributed by atoms with Crippen LogP contribution in [0.1, 0.15) is 44.9 Å². The topological polar surface area (TPSA) is 66.0 Å². The summed E-state index contributed by atoms with van der Waals surface area (Å²) >= 11 is 0. The van der Waals surface area contributed by atoms with E-state index in [1.165, 1.54) is 19.3 Å². The van der Waals surface area contributed by atoms with Crippen molar-refractivity contribution in [3.63, 3.8) is 0 Å². The van der Waals surface area contributed by atoms with E-state index in [0.717, 1.165) is 57.4 Å². The zero-order valence-corrected chi connectivity index (χ0v) is 14.6. The third-order valence-corrected chi connectivity index (χ3v) is 4.59. The largest absolute Gasteiger partial charge is 0.381 e. The van der Waals surface area contributed by atoms with Crippen LogP contribution >= 0.6 is 0 Å². The first kappa shape index (κ1) is 18.0. The van der Waals surface area contributed by atoms with Crippen molar-refractivity contribution >= 4 is 11.9 Å². The SMILES string of the molecule is CN=C(NCCCC(=O)NC1CC1)N(C)CCC1CCOCC1. The number of hydrogen-bond acceptors (Lipinski definition) is 3. The second kappa shape index (κ2) is 9.75. The molecular weight excluding hydrogens is 292 g/mol. The molecule has 0 bridgehead atoms. The maximum atomic E-state index is 11.6. The number of ether oxygens (including phenoxy) is 1. The summed E-state index contributed by atoms with van der Waals surface area (Å²) in [7, 11) is 3.89. The summed E-state index contributed by atoms with van der Waals surface area (Å²) in [6.45, 7) is 3.60. The van der Waals surface area contributed by atoms with Crippen LogP contribution in [0.15, 0.2) is 4.99 Å². The molecule has 0 aromatic heterocycles. The fourth-order valence-corrected chi connectivity index (χ4v) is 2.88. The van der Waals surface area contributed by atoms with Crippen LogP contribution in [0.25, 0.3) is 0 Å². The lowest BCUT2D eigenvalue weighted by atomic mass is 9.96. The monoisotopic (exact) mass is 324 g/mol. The molecule has 0 aromatic carbocycles. The minimum Gasteiger partial charge on any atom is -0.381 e. The Bertz CT molecular complexity index is 390.